The first-order chi connectivity index (χ1) is 9.29. The molecule has 0 spiro atoms. The highest BCUT2D eigenvalue weighted by atomic mass is 15.3. The molecule has 0 bridgehead atoms. The van der Waals surface area contributed by atoms with Gasteiger partial charge in [-0.05, 0) is 23.8 Å². The lowest BCUT2D eigenvalue weighted by atomic mass is 10.0. The third kappa shape index (κ3) is 2.09. The van der Waals surface area contributed by atoms with Crippen LogP contribution in [0.5, 0.6) is 0 Å². The van der Waals surface area contributed by atoms with Crippen LogP contribution >= 0.6 is 0 Å². The number of aromatic nitrogens is 3. The Kier molecular flexibility index (Phi) is 2.98. The Morgan fingerprint density at radius 1 is 1.21 bits per heavy atom. The number of aryl methyl sites for hydroxylation is 1. The first kappa shape index (κ1) is 11.8. The molecule has 2 aromatic heterocycles. The standard InChI is InChI=1S/C14H15N5/c1-19-13(6-8-17-19)14(18-15)11-5-4-10-3-2-7-16-12(10)9-11/h2-9,14,18H,15H2,1H3. The van der Waals surface area contributed by atoms with E-state index in [1.54, 1.807) is 12.4 Å². The molecule has 3 N–H and O–H groups in total. The highest BCUT2D eigenvalue weighted by Crippen LogP contribution is 2.23. The first-order valence-electron chi connectivity index (χ1n) is 6.08. The molecule has 1 unspecified atom stereocenters. The maximum atomic E-state index is 5.70. The van der Waals surface area contributed by atoms with E-state index in [2.05, 4.69) is 27.6 Å². The quantitative estimate of drug-likeness (QED) is 0.548. The van der Waals surface area contributed by atoms with Gasteiger partial charge in [0.15, 0.2) is 0 Å². The van der Waals surface area contributed by atoms with Crippen molar-refractivity contribution in [1.29, 1.82) is 0 Å². The number of hydrogen-bond acceptors (Lipinski definition) is 4. The lowest BCUT2D eigenvalue weighted by Gasteiger charge is -2.17. The Balaban J connectivity index is 2.09. The third-order valence-electron chi connectivity index (χ3n) is 3.28. The van der Waals surface area contributed by atoms with Gasteiger partial charge in [0.1, 0.15) is 0 Å². The van der Waals surface area contributed by atoms with Crippen molar-refractivity contribution in [3.05, 3.63) is 60.0 Å². The number of nitrogens with two attached hydrogens (primary N) is 1. The zero-order valence-corrected chi connectivity index (χ0v) is 10.6. The van der Waals surface area contributed by atoms with Crippen LogP contribution in [-0.4, -0.2) is 14.8 Å². The molecule has 0 radical (unpaired) electrons. The van der Waals surface area contributed by atoms with Crippen LogP contribution < -0.4 is 11.3 Å². The van der Waals surface area contributed by atoms with E-state index in [4.69, 9.17) is 5.84 Å². The summed E-state index contributed by atoms with van der Waals surface area (Å²) in [5.74, 6) is 5.70. The van der Waals surface area contributed by atoms with Gasteiger partial charge in [-0.2, -0.15) is 5.10 Å². The molecular weight excluding hydrogens is 238 g/mol. The normalized spacial score (nSPS) is 12.7. The summed E-state index contributed by atoms with van der Waals surface area (Å²) in [6.07, 6.45) is 3.56. The van der Waals surface area contributed by atoms with Crippen molar-refractivity contribution in [1.82, 2.24) is 20.2 Å². The van der Waals surface area contributed by atoms with Gasteiger partial charge in [0, 0.05) is 24.8 Å². The predicted octanol–water partition coefficient (Wildman–Crippen LogP) is 1.52. The van der Waals surface area contributed by atoms with E-state index >= 15 is 0 Å². The minimum absolute atomic E-state index is 0.0982. The number of benzene rings is 1. The van der Waals surface area contributed by atoms with Crippen molar-refractivity contribution >= 4 is 10.9 Å². The van der Waals surface area contributed by atoms with Crippen molar-refractivity contribution < 1.29 is 0 Å². The van der Waals surface area contributed by atoms with Crippen molar-refractivity contribution in [2.75, 3.05) is 0 Å². The topological polar surface area (TPSA) is 68.8 Å². The molecule has 5 nitrogen and oxygen atoms in total. The van der Waals surface area contributed by atoms with Crippen LogP contribution in [-0.2, 0) is 7.05 Å². The number of nitrogens with zero attached hydrogens (tertiary/aromatic N) is 3. The minimum Gasteiger partial charge on any atom is -0.271 e. The second-order valence-electron chi connectivity index (χ2n) is 4.43. The number of hydrazine groups is 1. The molecule has 1 aromatic carbocycles. The zero-order valence-electron chi connectivity index (χ0n) is 10.6. The van der Waals surface area contributed by atoms with Gasteiger partial charge in [-0.1, -0.05) is 18.2 Å². The fourth-order valence-electron chi connectivity index (χ4n) is 2.28. The number of pyridine rings is 1. The summed E-state index contributed by atoms with van der Waals surface area (Å²) in [7, 11) is 1.90. The van der Waals surface area contributed by atoms with Crippen LogP contribution in [0.3, 0.4) is 0 Å². The summed E-state index contributed by atoms with van der Waals surface area (Å²) in [6, 6.07) is 12.0. The molecule has 0 fully saturated rings. The van der Waals surface area contributed by atoms with Gasteiger partial charge in [0.25, 0.3) is 0 Å². The highest BCUT2D eigenvalue weighted by molar-refractivity contribution is 5.79. The van der Waals surface area contributed by atoms with Crippen molar-refractivity contribution in [3.63, 3.8) is 0 Å². The Bertz CT molecular complexity index is 704. The number of fused-ring (bicyclic) bond motifs is 1. The molecule has 0 aliphatic heterocycles. The molecule has 2 heterocycles. The lowest BCUT2D eigenvalue weighted by Crippen LogP contribution is -2.30. The molecule has 0 aliphatic carbocycles. The Labute approximate surface area is 111 Å². The van der Waals surface area contributed by atoms with Crippen molar-refractivity contribution in [2.45, 2.75) is 6.04 Å². The molecule has 0 aliphatic rings. The summed E-state index contributed by atoms with van der Waals surface area (Å²) in [5.41, 5.74) is 5.88. The van der Waals surface area contributed by atoms with Gasteiger partial charge in [-0.15, -0.1) is 0 Å². The van der Waals surface area contributed by atoms with Gasteiger partial charge in [-0.25, -0.2) is 5.43 Å². The average Bonchev–Trinajstić information content (AvgIpc) is 2.86. The number of nitrogens with one attached hydrogen (secondary N) is 1. The van der Waals surface area contributed by atoms with Crippen LogP contribution in [0.2, 0.25) is 0 Å². The fraction of sp³-hybridized carbons (Fsp3) is 0.143. The lowest BCUT2D eigenvalue weighted by molar-refractivity contribution is 0.575. The molecule has 0 amide bonds. The number of hydrogen-bond donors (Lipinski definition) is 2. The van der Waals surface area contributed by atoms with Crippen LogP contribution in [0.15, 0.2) is 48.8 Å². The average molecular weight is 253 g/mol. The second-order valence-corrected chi connectivity index (χ2v) is 4.43. The molecule has 3 aromatic rings. The molecule has 5 heteroatoms. The Morgan fingerprint density at radius 2 is 2.11 bits per heavy atom. The molecule has 3 rings (SSSR count). The fourth-order valence-corrected chi connectivity index (χ4v) is 2.28. The summed E-state index contributed by atoms with van der Waals surface area (Å²) in [4.78, 5) is 4.37. The minimum atomic E-state index is -0.0982. The van der Waals surface area contributed by atoms with E-state index in [9.17, 15) is 0 Å². The van der Waals surface area contributed by atoms with Gasteiger partial charge < -0.3 is 0 Å². The zero-order chi connectivity index (χ0) is 13.2. The van der Waals surface area contributed by atoms with Gasteiger partial charge >= 0.3 is 0 Å². The molecule has 19 heavy (non-hydrogen) atoms. The molecule has 1 atom stereocenters. The van der Waals surface area contributed by atoms with Gasteiger partial charge in [0.2, 0.25) is 0 Å². The van der Waals surface area contributed by atoms with Crippen LogP contribution in [0.1, 0.15) is 17.3 Å². The first-order valence-corrected chi connectivity index (χ1v) is 6.08. The SMILES string of the molecule is Cn1nccc1C(NN)c1ccc2cccnc2c1. The van der Waals surface area contributed by atoms with Crippen LogP contribution in [0.25, 0.3) is 10.9 Å². The number of rotatable bonds is 3. The van der Waals surface area contributed by atoms with E-state index in [1.165, 1.54) is 0 Å². The summed E-state index contributed by atoms with van der Waals surface area (Å²) < 4.78 is 1.81. The maximum Gasteiger partial charge on any atom is 0.0878 e. The van der Waals surface area contributed by atoms with E-state index in [1.807, 2.05) is 36.0 Å². The highest BCUT2D eigenvalue weighted by Gasteiger charge is 2.16. The van der Waals surface area contributed by atoms with Crippen molar-refractivity contribution in [3.8, 4) is 0 Å². The Morgan fingerprint density at radius 3 is 2.84 bits per heavy atom. The smallest absolute Gasteiger partial charge is 0.0878 e. The van der Waals surface area contributed by atoms with E-state index in [-0.39, 0.29) is 6.04 Å². The van der Waals surface area contributed by atoms with Crippen LogP contribution in [0, 0.1) is 0 Å². The van der Waals surface area contributed by atoms with E-state index < -0.39 is 0 Å². The van der Waals surface area contributed by atoms with Crippen LogP contribution in [0.4, 0.5) is 0 Å². The predicted molar refractivity (Wildman–Crippen MR) is 74.1 cm³/mol. The van der Waals surface area contributed by atoms with E-state index in [0.717, 1.165) is 22.2 Å². The monoisotopic (exact) mass is 253 g/mol. The molecule has 0 saturated heterocycles. The summed E-state index contributed by atoms with van der Waals surface area (Å²) in [5, 5.41) is 5.30. The molecular formula is C14H15N5. The van der Waals surface area contributed by atoms with Crippen molar-refractivity contribution in [2.24, 2.45) is 12.9 Å². The van der Waals surface area contributed by atoms with Gasteiger partial charge in [0.05, 0.1) is 17.3 Å². The Hall–Kier alpha value is -2.24. The summed E-state index contributed by atoms with van der Waals surface area (Å²) >= 11 is 0. The molecule has 0 saturated carbocycles. The van der Waals surface area contributed by atoms with Gasteiger partial charge in [-0.3, -0.25) is 15.5 Å². The maximum absolute atomic E-state index is 5.70. The largest absolute Gasteiger partial charge is 0.271 e. The third-order valence-corrected chi connectivity index (χ3v) is 3.28. The molecule has 96 valence electrons. The van der Waals surface area contributed by atoms with E-state index in [0.29, 0.717) is 0 Å². The second kappa shape index (κ2) is 4.79. The summed E-state index contributed by atoms with van der Waals surface area (Å²) in [6.45, 7) is 0.